The van der Waals surface area contributed by atoms with Crippen LogP contribution in [-0.4, -0.2) is 65.3 Å². The van der Waals surface area contributed by atoms with E-state index in [2.05, 4.69) is 4.90 Å². The quantitative estimate of drug-likeness (QED) is 0.853. The van der Waals surface area contributed by atoms with Crippen molar-refractivity contribution in [3.05, 3.63) is 0 Å². The summed E-state index contributed by atoms with van der Waals surface area (Å²) in [4.78, 5) is 26.4. The summed E-state index contributed by atoms with van der Waals surface area (Å²) < 4.78 is 5.37. The van der Waals surface area contributed by atoms with Gasteiger partial charge in [0.25, 0.3) is 0 Å². The third kappa shape index (κ3) is 6.75. The van der Waals surface area contributed by atoms with Crippen molar-refractivity contribution in [2.75, 3.05) is 32.7 Å². The van der Waals surface area contributed by atoms with Gasteiger partial charge in [0.15, 0.2) is 0 Å². The number of hydrogen-bond acceptors (Lipinski definition) is 4. The number of ether oxygens (including phenoxy) is 1. The lowest BCUT2D eigenvalue weighted by Crippen LogP contribution is -2.39. The van der Waals surface area contributed by atoms with Gasteiger partial charge < -0.3 is 19.6 Å². The minimum absolute atomic E-state index is 0.201. The van der Waals surface area contributed by atoms with Crippen LogP contribution in [0.25, 0.3) is 0 Å². The van der Waals surface area contributed by atoms with Gasteiger partial charge in [-0.3, -0.25) is 4.79 Å². The van der Waals surface area contributed by atoms with E-state index in [1.807, 2.05) is 20.8 Å². The van der Waals surface area contributed by atoms with Crippen LogP contribution in [0.3, 0.4) is 0 Å². The van der Waals surface area contributed by atoms with E-state index in [-0.39, 0.29) is 12.5 Å². The predicted molar refractivity (Wildman–Crippen MR) is 75.7 cm³/mol. The summed E-state index contributed by atoms with van der Waals surface area (Å²) in [7, 11) is 0. The van der Waals surface area contributed by atoms with Crippen molar-refractivity contribution in [1.29, 1.82) is 0 Å². The second-order valence-electron chi connectivity index (χ2n) is 6.16. The lowest BCUT2D eigenvalue weighted by atomic mass is 10.2. The van der Waals surface area contributed by atoms with Crippen molar-refractivity contribution < 1.29 is 19.4 Å². The van der Waals surface area contributed by atoms with E-state index in [9.17, 15) is 9.59 Å². The topological polar surface area (TPSA) is 70.1 Å². The van der Waals surface area contributed by atoms with Crippen LogP contribution in [0.15, 0.2) is 0 Å². The molecule has 1 heterocycles. The van der Waals surface area contributed by atoms with Gasteiger partial charge in [0.05, 0.1) is 0 Å². The second kappa shape index (κ2) is 7.47. The molecule has 0 saturated carbocycles. The molecular formula is C14H26N2O4. The first kappa shape index (κ1) is 16.8. The van der Waals surface area contributed by atoms with Gasteiger partial charge >= 0.3 is 12.1 Å². The van der Waals surface area contributed by atoms with E-state index in [0.717, 1.165) is 26.1 Å². The molecule has 1 amide bonds. The van der Waals surface area contributed by atoms with Crippen molar-refractivity contribution in [2.24, 2.45) is 0 Å². The molecule has 0 aromatic carbocycles. The first-order chi connectivity index (χ1) is 9.28. The normalized spacial score (nSPS) is 17.6. The van der Waals surface area contributed by atoms with Crippen molar-refractivity contribution in [1.82, 2.24) is 9.80 Å². The zero-order valence-corrected chi connectivity index (χ0v) is 12.7. The number of carboxylic acid groups (broad SMARTS) is 1. The molecule has 0 bridgehead atoms. The molecule has 0 atom stereocenters. The average molecular weight is 286 g/mol. The third-order valence-corrected chi connectivity index (χ3v) is 3.11. The lowest BCUT2D eigenvalue weighted by molar-refractivity contribution is -0.137. The van der Waals surface area contributed by atoms with E-state index in [0.29, 0.717) is 19.5 Å². The Hall–Kier alpha value is -1.30. The first-order valence-corrected chi connectivity index (χ1v) is 7.20. The zero-order chi connectivity index (χ0) is 15.2. The molecule has 6 heteroatoms. The van der Waals surface area contributed by atoms with Gasteiger partial charge in [-0.2, -0.15) is 0 Å². The molecule has 20 heavy (non-hydrogen) atoms. The Labute approximate surface area is 120 Å². The first-order valence-electron chi connectivity index (χ1n) is 7.20. The molecule has 1 aliphatic heterocycles. The number of nitrogens with zero attached hydrogens (tertiary/aromatic N) is 2. The van der Waals surface area contributed by atoms with E-state index >= 15 is 0 Å². The summed E-state index contributed by atoms with van der Waals surface area (Å²) in [5, 5.41) is 8.63. The molecule has 116 valence electrons. The Bertz CT molecular complexity index is 339. The van der Waals surface area contributed by atoms with Gasteiger partial charge in [-0.15, -0.1) is 0 Å². The summed E-state index contributed by atoms with van der Waals surface area (Å²) in [6.45, 7) is 9.38. The fourth-order valence-electron chi connectivity index (χ4n) is 2.16. The molecule has 0 aromatic rings. The van der Waals surface area contributed by atoms with Crippen LogP contribution in [0, 0.1) is 0 Å². The summed E-state index contributed by atoms with van der Waals surface area (Å²) in [6, 6.07) is 0. The molecular weight excluding hydrogens is 260 g/mol. The average Bonchev–Trinajstić information content (AvgIpc) is 2.52. The van der Waals surface area contributed by atoms with Crippen LogP contribution in [0.2, 0.25) is 0 Å². The predicted octanol–water partition coefficient (Wildman–Crippen LogP) is 1.79. The molecule has 6 nitrogen and oxygen atoms in total. The monoisotopic (exact) mass is 286 g/mol. The number of carbonyl (C=O) groups is 2. The molecule has 1 aliphatic rings. The van der Waals surface area contributed by atoms with Crippen molar-refractivity contribution in [3.8, 4) is 0 Å². The highest BCUT2D eigenvalue weighted by atomic mass is 16.6. The Balaban J connectivity index is 2.35. The van der Waals surface area contributed by atoms with Crippen LogP contribution < -0.4 is 0 Å². The summed E-state index contributed by atoms with van der Waals surface area (Å²) in [6.07, 6.45) is 1.49. The number of rotatable bonds is 4. The standard InChI is InChI=1S/C14H26N2O4/c1-14(2,3)20-13(19)16-9-5-8-15(10-11-16)7-4-6-12(17)18/h4-11H2,1-3H3,(H,17,18). The van der Waals surface area contributed by atoms with Gasteiger partial charge in [-0.25, -0.2) is 4.79 Å². The van der Waals surface area contributed by atoms with Crippen molar-refractivity contribution in [3.63, 3.8) is 0 Å². The Kier molecular flexibility index (Phi) is 6.26. The van der Waals surface area contributed by atoms with Crippen LogP contribution in [0.4, 0.5) is 4.79 Å². The Morgan fingerprint density at radius 2 is 1.85 bits per heavy atom. The zero-order valence-electron chi connectivity index (χ0n) is 12.7. The lowest BCUT2D eigenvalue weighted by Gasteiger charge is -2.26. The maximum absolute atomic E-state index is 12.0. The van der Waals surface area contributed by atoms with Crippen LogP contribution in [0.1, 0.15) is 40.0 Å². The summed E-state index contributed by atoms with van der Waals surface area (Å²) in [5.74, 6) is -0.754. The highest BCUT2D eigenvalue weighted by Crippen LogP contribution is 2.12. The smallest absolute Gasteiger partial charge is 0.410 e. The van der Waals surface area contributed by atoms with Crippen LogP contribution in [-0.2, 0) is 9.53 Å². The van der Waals surface area contributed by atoms with Crippen LogP contribution >= 0.6 is 0 Å². The fraction of sp³-hybridized carbons (Fsp3) is 0.857. The highest BCUT2D eigenvalue weighted by Gasteiger charge is 2.24. The van der Waals surface area contributed by atoms with Gasteiger partial charge in [0.1, 0.15) is 5.60 Å². The van der Waals surface area contributed by atoms with Gasteiger partial charge in [-0.1, -0.05) is 0 Å². The molecule has 1 fully saturated rings. The van der Waals surface area contributed by atoms with E-state index in [1.54, 1.807) is 4.90 Å². The third-order valence-electron chi connectivity index (χ3n) is 3.11. The van der Waals surface area contributed by atoms with Gasteiger partial charge in [0.2, 0.25) is 0 Å². The van der Waals surface area contributed by atoms with Gasteiger partial charge in [0, 0.05) is 26.1 Å². The summed E-state index contributed by atoms with van der Waals surface area (Å²) >= 11 is 0. The maximum atomic E-state index is 12.0. The molecule has 0 unspecified atom stereocenters. The largest absolute Gasteiger partial charge is 0.481 e. The number of carboxylic acids is 1. The van der Waals surface area contributed by atoms with Crippen LogP contribution in [0.5, 0.6) is 0 Å². The van der Waals surface area contributed by atoms with Crippen molar-refractivity contribution in [2.45, 2.75) is 45.6 Å². The Morgan fingerprint density at radius 3 is 2.45 bits per heavy atom. The van der Waals surface area contributed by atoms with Gasteiger partial charge in [-0.05, 0) is 46.7 Å². The minimum Gasteiger partial charge on any atom is -0.481 e. The molecule has 1 saturated heterocycles. The SMILES string of the molecule is CC(C)(C)OC(=O)N1CCCN(CCCC(=O)O)CC1. The number of hydrogen-bond donors (Lipinski definition) is 1. The highest BCUT2D eigenvalue weighted by molar-refractivity contribution is 5.68. The number of amides is 1. The number of aliphatic carboxylic acids is 1. The van der Waals surface area contributed by atoms with E-state index in [1.165, 1.54) is 0 Å². The Morgan fingerprint density at radius 1 is 1.15 bits per heavy atom. The van der Waals surface area contributed by atoms with E-state index < -0.39 is 11.6 Å². The minimum atomic E-state index is -0.754. The molecule has 0 aromatic heterocycles. The fourth-order valence-corrected chi connectivity index (χ4v) is 2.16. The molecule has 0 aliphatic carbocycles. The molecule has 1 rings (SSSR count). The number of carbonyl (C=O) groups excluding carboxylic acids is 1. The summed E-state index contributed by atoms with van der Waals surface area (Å²) in [5.41, 5.74) is -0.468. The molecule has 0 spiro atoms. The second-order valence-corrected chi connectivity index (χ2v) is 6.16. The molecule has 0 radical (unpaired) electrons. The van der Waals surface area contributed by atoms with E-state index in [4.69, 9.17) is 9.84 Å². The molecule has 1 N–H and O–H groups in total. The maximum Gasteiger partial charge on any atom is 0.410 e. The van der Waals surface area contributed by atoms with Crippen molar-refractivity contribution >= 4 is 12.1 Å².